The zero-order valence-corrected chi connectivity index (χ0v) is 11.9. The number of halogens is 3. The first-order valence-corrected chi connectivity index (χ1v) is 6.60. The highest BCUT2D eigenvalue weighted by Crippen LogP contribution is 2.33. The molecule has 0 atom stereocenters. The van der Waals surface area contributed by atoms with Gasteiger partial charge in [0.25, 0.3) is 0 Å². The fraction of sp³-hybridized carbons (Fsp3) is 0.250. The van der Waals surface area contributed by atoms with E-state index in [4.69, 9.17) is 0 Å². The first-order valence-electron chi connectivity index (χ1n) is 5.78. The van der Waals surface area contributed by atoms with Crippen LogP contribution >= 0.6 is 11.3 Å². The van der Waals surface area contributed by atoms with Crippen molar-refractivity contribution in [1.82, 2.24) is 15.2 Å². The number of hydrazone groups is 1. The average molecular weight is 316 g/mol. The second kappa shape index (κ2) is 5.68. The van der Waals surface area contributed by atoms with Crippen molar-refractivity contribution >= 4 is 23.5 Å². The molecule has 0 bridgehead atoms. The lowest BCUT2D eigenvalue weighted by Gasteiger charge is -2.04. The highest BCUT2D eigenvalue weighted by molar-refractivity contribution is 7.17. The second-order valence-electron chi connectivity index (χ2n) is 4.16. The maximum absolute atomic E-state index is 12.7. The molecule has 0 saturated heterocycles. The quantitative estimate of drug-likeness (QED) is 0.699. The summed E-state index contributed by atoms with van der Waals surface area (Å²) in [5.41, 5.74) is 1.68. The van der Waals surface area contributed by atoms with Gasteiger partial charge in [-0.2, -0.15) is 23.4 Å². The number of alkyl halides is 3. The van der Waals surface area contributed by atoms with Crippen LogP contribution in [0.2, 0.25) is 0 Å². The number of hydrogen-bond acceptors (Lipinski definition) is 4. The van der Waals surface area contributed by atoms with Crippen LogP contribution < -0.4 is 5.43 Å². The molecule has 0 fully saturated rings. The Morgan fingerprint density at radius 2 is 2.19 bits per heavy atom. The standard InChI is InChI=1S/C12H11F3N4OS/c1-7(20)17-16-6-8-3-4-10(21-8)9-5-11(12(13,14)15)19(2)18-9/h3-6H,1-2H3,(H,17,20). The number of hydrogen-bond donors (Lipinski definition) is 1. The van der Waals surface area contributed by atoms with E-state index in [0.717, 1.165) is 10.7 Å². The Labute approximate surface area is 122 Å². The van der Waals surface area contributed by atoms with Crippen LogP contribution in [0.15, 0.2) is 23.3 Å². The molecule has 0 saturated carbocycles. The molecule has 0 aliphatic rings. The topological polar surface area (TPSA) is 59.3 Å². The van der Waals surface area contributed by atoms with Gasteiger partial charge in [-0.1, -0.05) is 0 Å². The number of aryl methyl sites for hydroxylation is 1. The van der Waals surface area contributed by atoms with Crippen molar-refractivity contribution in [3.63, 3.8) is 0 Å². The van der Waals surface area contributed by atoms with Crippen LogP contribution in [0.5, 0.6) is 0 Å². The number of nitrogens with zero attached hydrogens (tertiary/aromatic N) is 3. The van der Waals surface area contributed by atoms with E-state index in [1.807, 2.05) is 0 Å². The normalized spacial score (nSPS) is 12.0. The van der Waals surface area contributed by atoms with Gasteiger partial charge in [-0.15, -0.1) is 11.3 Å². The van der Waals surface area contributed by atoms with Crippen LogP contribution in [0.25, 0.3) is 10.6 Å². The van der Waals surface area contributed by atoms with E-state index in [2.05, 4.69) is 15.6 Å². The maximum atomic E-state index is 12.7. The monoisotopic (exact) mass is 316 g/mol. The van der Waals surface area contributed by atoms with Gasteiger partial charge >= 0.3 is 6.18 Å². The molecule has 9 heteroatoms. The SMILES string of the molecule is CC(=O)NN=Cc1ccc(-c2cc(C(F)(F)F)n(C)n2)s1. The van der Waals surface area contributed by atoms with Crippen LogP contribution in [-0.4, -0.2) is 21.9 Å². The number of aromatic nitrogens is 2. The predicted molar refractivity (Wildman–Crippen MR) is 72.9 cm³/mol. The molecule has 2 aromatic heterocycles. The molecule has 0 aliphatic heterocycles. The minimum absolute atomic E-state index is 0.244. The molecule has 0 aliphatic carbocycles. The molecule has 0 radical (unpaired) electrons. The summed E-state index contributed by atoms with van der Waals surface area (Å²) in [5, 5.41) is 7.55. The van der Waals surface area contributed by atoms with E-state index >= 15 is 0 Å². The van der Waals surface area contributed by atoms with Crippen molar-refractivity contribution in [2.75, 3.05) is 0 Å². The van der Waals surface area contributed by atoms with Gasteiger partial charge in [-0.05, 0) is 18.2 Å². The molecular weight excluding hydrogens is 305 g/mol. The summed E-state index contributed by atoms with van der Waals surface area (Å²) in [6.07, 6.45) is -3.02. The first-order chi connectivity index (χ1) is 9.77. The molecule has 0 spiro atoms. The lowest BCUT2D eigenvalue weighted by atomic mass is 10.3. The van der Waals surface area contributed by atoms with Crippen molar-refractivity contribution in [2.24, 2.45) is 12.1 Å². The molecular formula is C12H11F3N4OS. The molecule has 112 valence electrons. The summed E-state index contributed by atoms with van der Waals surface area (Å²) in [4.78, 5) is 11.9. The van der Waals surface area contributed by atoms with Gasteiger partial charge in [-0.25, -0.2) is 5.43 Å². The summed E-state index contributed by atoms with van der Waals surface area (Å²) < 4.78 is 38.9. The number of carbonyl (C=O) groups excluding carboxylic acids is 1. The summed E-state index contributed by atoms with van der Waals surface area (Å²) in [5.74, 6) is -0.303. The molecule has 5 nitrogen and oxygen atoms in total. The van der Waals surface area contributed by atoms with E-state index in [1.54, 1.807) is 12.1 Å². The molecule has 0 aromatic carbocycles. The Morgan fingerprint density at radius 1 is 1.48 bits per heavy atom. The lowest BCUT2D eigenvalue weighted by molar-refractivity contribution is -0.143. The van der Waals surface area contributed by atoms with E-state index in [9.17, 15) is 18.0 Å². The maximum Gasteiger partial charge on any atom is 0.433 e. The summed E-state index contributed by atoms with van der Waals surface area (Å²) in [7, 11) is 1.25. The predicted octanol–water partition coefficient (Wildman–Crippen LogP) is 2.64. The molecule has 2 heterocycles. The van der Waals surface area contributed by atoms with E-state index in [1.165, 1.54) is 31.5 Å². The number of rotatable bonds is 3. The highest BCUT2D eigenvalue weighted by Gasteiger charge is 2.35. The summed E-state index contributed by atoms with van der Waals surface area (Å²) in [6, 6.07) is 4.34. The fourth-order valence-corrected chi connectivity index (χ4v) is 2.44. The number of carbonyl (C=O) groups is 1. The zero-order valence-electron chi connectivity index (χ0n) is 11.1. The van der Waals surface area contributed by atoms with Gasteiger partial charge in [-0.3, -0.25) is 9.48 Å². The summed E-state index contributed by atoms with van der Waals surface area (Å²) >= 11 is 1.23. The molecule has 2 rings (SSSR count). The minimum atomic E-state index is -4.44. The van der Waals surface area contributed by atoms with Crippen molar-refractivity contribution in [2.45, 2.75) is 13.1 Å². The average Bonchev–Trinajstić information content (AvgIpc) is 2.94. The molecule has 0 unspecified atom stereocenters. The largest absolute Gasteiger partial charge is 0.433 e. The van der Waals surface area contributed by atoms with Gasteiger partial charge in [0.2, 0.25) is 5.91 Å². The van der Waals surface area contributed by atoms with Crippen LogP contribution in [0.3, 0.4) is 0 Å². The third-order valence-electron chi connectivity index (χ3n) is 2.46. The van der Waals surface area contributed by atoms with Gasteiger partial charge in [0, 0.05) is 18.8 Å². The Bertz CT molecular complexity index is 687. The second-order valence-corrected chi connectivity index (χ2v) is 5.28. The highest BCUT2D eigenvalue weighted by atomic mass is 32.1. The van der Waals surface area contributed by atoms with Crippen molar-refractivity contribution in [3.05, 3.63) is 28.8 Å². The molecule has 1 N–H and O–H groups in total. The van der Waals surface area contributed by atoms with Crippen molar-refractivity contribution < 1.29 is 18.0 Å². The number of amides is 1. The van der Waals surface area contributed by atoms with Crippen LogP contribution in [0, 0.1) is 0 Å². The smallest absolute Gasteiger partial charge is 0.274 e. The third-order valence-corrected chi connectivity index (χ3v) is 3.51. The van der Waals surface area contributed by atoms with Crippen molar-refractivity contribution in [3.8, 4) is 10.6 Å². The third kappa shape index (κ3) is 3.69. The minimum Gasteiger partial charge on any atom is -0.274 e. The Balaban J connectivity index is 2.22. The van der Waals surface area contributed by atoms with E-state index < -0.39 is 11.9 Å². The fourth-order valence-electron chi connectivity index (χ4n) is 1.60. The number of thiophene rings is 1. The van der Waals surface area contributed by atoms with Crippen LogP contribution in [-0.2, 0) is 18.0 Å². The van der Waals surface area contributed by atoms with E-state index in [-0.39, 0.29) is 11.6 Å². The molecule has 21 heavy (non-hydrogen) atoms. The van der Waals surface area contributed by atoms with Gasteiger partial charge in [0.15, 0.2) is 0 Å². The Morgan fingerprint density at radius 3 is 2.76 bits per heavy atom. The molecule has 1 amide bonds. The van der Waals surface area contributed by atoms with Gasteiger partial charge in [0.05, 0.1) is 11.1 Å². The van der Waals surface area contributed by atoms with Crippen molar-refractivity contribution in [1.29, 1.82) is 0 Å². The lowest BCUT2D eigenvalue weighted by Crippen LogP contribution is -2.11. The van der Waals surface area contributed by atoms with Crippen LogP contribution in [0.4, 0.5) is 13.2 Å². The van der Waals surface area contributed by atoms with E-state index in [0.29, 0.717) is 9.75 Å². The first kappa shape index (κ1) is 15.2. The summed E-state index contributed by atoms with van der Waals surface area (Å²) in [6.45, 7) is 1.32. The Hall–Kier alpha value is -2.16. The number of nitrogens with one attached hydrogen (secondary N) is 1. The van der Waals surface area contributed by atoms with Crippen LogP contribution in [0.1, 0.15) is 17.5 Å². The zero-order chi connectivity index (χ0) is 15.6. The molecule has 2 aromatic rings. The van der Waals surface area contributed by atoms with Gasteiger partial charge < -0.3 is 0 Å². The Kier molecular flexibility index (Phi) is 4.12. The van der Waals surface area contributed by atoms with Gasteiger partial charge in [0.1, 0.15) is 11.4 Å².